The molecule has 9 heavy (non-hydrogen) atoms. The third kappa shape index (κ3) is 6.03. The van der Waals surface area contributed by atoms with Gasteiger partial charge in [0.1, 0.15) is 0 Å². The van der Waals surface area contributed by atoms with Crippen molar-refractivity contribution in [1.82, 2.24) is 0 Å². The van der Waals surface area contributed by atoms with Crippen molar-refractivity contribution in [2.24, 2.45) is 0 Å². The van der Waals surface area contributed by atoms with Crippen LogP contribution >= 0.6 is 8.25 Å². The molecule has 0 aliphatic heterocycles. The van der Waals surface area contributed by atoms with Gasteiger partial charge < -0.3 is 9.05 Å². The van der Waals surface area contributed by atoms with E-state index in [4.69, 9.17) is 4.52 Å². The molecule has 0 aliphatic rings. The van der Waals surface area contributed by atoms with Crippen molar-refractivity contribution in [2.45, 2.75) is 19.8 Å². The normalized spacial score (nSPS) is 13.6. The molecule has 0 aromatic carbocycles. The first-order valence-electron chi connectivity index (χ1n) is 3.02. The monoisotopic (exact) mass is 152 g/mol. The van der Waals surface area contributed by atoms with E-state index in [2.05, 4.69) is 4.52 Å². The molecular formula is C5H13O3P. The zero-order valence-electron chi connectivity index (χ0n) is 5.85. The number of unbranched alkanes of at least 4 members (excludes halogenated alkanes) is 1. The van der Waals surface area contributed by atoms with Gasteiger partial charge in [0.25, 0.3) is 0 Å². The predicted octanol–water partition coefficient (Wildman–Crippen LogP) is 1.84. The van der Waals surface area contributed by atoms with Crippen LogP contribution in [0.4, 0.5) is 0 Å². The molecule has 0 rings (SSSR count). The molecule has 4 heteroatoms. The van der Waals surface area contributed by atoms with Crippen LogP contribution in [0.15, 0.2) is 0 Å². The molecule has 1 unspecified atom stereocenters. The van der Waals surface area contributed by atoms with Crippen molar-refractivity contribution < 1.29 is 13.6 Å². The lowest BCUT2D eigenvalue weighted by Crippen LogP contribution is -1.84. The molecule has 0 aromatic rings. The van der Waals surface area contributed by atoms with Crippen molar-refractivity contribution in [3.05, 3.63) is 0 Å². The first-order valence-corrected chi connectivity index (χ1v) is 4.24. The molecule has 3 nitrogen and oxygen atoms in total. The van der Waals surface area contributed by atoms with E-state index >= 15 is 0 Å². The highest BCUT2D eigenvalue weighted by Gasteiger charge is 1.92. The summed E-state index contributed by atoms with van der Waals surface area (Å²) in [7, 11) is -0.769. The van der Waals surface area contributed by atoms with E-state index in [0.717, 1.165) is 12.8 Å². The predicted molar refractivity (Wildman–Crippen MR) is 36.9 cm³/mol. The summed E-state index contributed by atoms with van der Waals surface area (Å²) in [5, 5.41) is 0. The van der Waals surface area contributed by atoms with E-state index in [-0.39, 0.29) is 0 Å². The quantitative estimate of drug-likeness (QED) is 0.445. The van der Waals surface area contributed by atoms with Crippen LogP contribution in [0, 0.1) is 0 Å². The smallest absolute Gasteiger partial charge is 0.314 e. The molecule has 0 amide bonds. The average Bonchev–Trinajstić information content (AvgIpc) is 1.89. The second-order valence-electron chi connectivity index (χ2n) is 1.66. The Hall–Kier alpha value is 0.150. The molecule has 0 fully saturated rings. The van der Waals surface area contributed by atoms with Gasteiger partial charge in [-0.05, 0) is 6.42 Å². The SMILES string of the molecule is CCCCO[PH](=O)OC. The number of hydrogen-bond acceptors (Lipinski definition) is 3. The van der Waals surface area contributed by atoms with E-state index < -0.39 is 8.25 Å². The Balaban J connectivity index is 2.97. The van der Waals surface area contributed by atoms with E-state index in [1.807, 2.05) is 6.92 Å². The van der Waals surface area contributed by atoms with Gasteiger partial charge in [-0.25, -0.2) is 0 Å². The summed E-state index contributed by atoms with van der Waals surface area (Å²) in [5.74, 6) is 0. The zero-order chi connectivity index (χ0) is 7.11. The molecule has 0 spiro atoms. The fourth-order valence-electron chi connectivity index (χ4n) is 0.359. The summed E-state index contributed by atoms with van der Waals surface area (Å²) in [5.41, 5.74) is 0. The summed E-state index contributed by atoms with van der Waals surface area (Å²) >= 11 is 0. The minimum atomic E-state index is -2.15. The van der Waals surface area contributed by atoms with Crippen molar-refractivity contribution in [2.75, 3.05) is 13.7 Å². The van der Waals surface area contributed by atoms with Crippen LogP contribution < -0.4 is 0 Å². The van der Waals surface area contributed by atoms with Crippen molar-refractivity contribution >= 4 is 8.25 Å². The third-order valence-electron chi connectivity index (χ3n) is 0.884. The molecule has 0 N–H and O–H groups in total. The summed E-state index contributed by atoms with van der Waals surface area (Å²) in [4.78, 5) is 0. The fraction of sp³-hybridized carbons (Fsp3) is 1.00. The van der Waals surface area contributed by atoms with Gasteiger partial charge in [0, 0.05) is 7.11 Å². The van der Waals surface area contributed by atoms with Crippen LogP contribution in [-0.2, 0) is 13.6 Å². The van der Waals surface area contributed by atoms with Gasteiger partial charge in [-0.1, -0.05) is 13.3 Å². The molecule has 56 valence electrons. The van der Waals surface area contributed by atoms with E-state index in [1.165, 1.54) is 7.11 Å². The Labute approximate surface area is 56.3 Å². The van der Waals surface area contributed by atoms with Gasteiger partial charge in [-0.15, -0.1) is 0 Å². The van der Waals surface area contributed by atoms with E-state index in [1.54, 1.807) is 0 Å². The lowest BCUT2D eigenvalue weighted by Gasteiger charge is -1.98. The lowest BCUT2D eigenvalue weighted by atomic mass is 10.4. The van der Waals surface area contributed by atoms with Gasteiger partial charge in [0.05, 0.1) is 6.61 Å². The van der Waals surface area contributed by atoms with Gasteiger partial charge in [0.15, 0.2) is 0 Å². The van der Waals surface area contributed by atoms with Crippen LogP contribution in [0.1, 0.15) is 19.8 Å². The van der Waals surface area contributed by atoms with Gasteiger partial charge in [-0.2, -0.15) is 0 Å². The Bertz CT molecular complexity index is 84.3. The maximum atomic E-state index is 10.4. The highest BCUT2D eigenvalue weighted by atomic mass is 31.1. The Morgan fingerprint density at radius 3 is 2.67 bits per heavy atom. The van der Waals surface area contributed by atoms with Crippen molar-refractivity contribution in [3.8, 4) is 0 Å². The molecule has 0 bridgehead atoms. The Kier molecular flexibility index (Phi) is 6.38. The molecule has 0 saturated heterocycles. The number of rotatable bonds is 5. The second kappa shape index (κ2) is 6.27. The second-order valence-corrected chi connectivity index (χ2v) is 2.85. The van der Waals surface area contributed by atoms with E-state index in [9.17, 15) is 4.57 Å². The summed E-state index contributed by atoms with van der Waals surface area (Å²) < 4.78 is 19.6. The molecule has 0 aliphatic carbocycles. The summed E-state index contributed by atoms with van der Waals surface area (Å²) in [6, 6.07) is 0. The maximum absolute atomic E-state index is 10.4. The topological polar surface area (TPSA) is 35.5 Å². The zero-order valence-corrected chi connectivity index (χ0v) is 6.85. The summed E-state index contributed by atoms with van der Waals surface area (Å²) in [6.45, 7) is 2.59. The van der Waals surface area contributed by atoms with Gasteiger partial charge in [-0.3, -0.25) is 4.57 Å². The first-order chi connectivity index (χ1) is 4.31. The molecule has 1 atom stereocenters. The Morgan fingerprint density at radius 2 is 2.22 bits per heavy atom. The molecule has 0 saturated carbocycles. The number of hydrogen-bond donors (Lipinski definition) is 0. The van der Waals surface area contributed by atoms with Crippen LogP contribution in [0.3, 0.4) is 0 Å². The van der Waals surface area contributed by atoms with E-state index in [0.29, 0.717) is 6.61 Å². The standard InChI is InChI=1S/C5H13O3P/c1-3-4-5-8-9(6)7-2/h9H,3-5H2,1-2H3. The minimum absolute atomic E-state index is 0.544. The highest BCUT2D eigenvalue weighted by Crippen LogP contribution is 2.21. The van der Waals surface area contributed by atoms with Crippen LogP contribution in [0.2, 0.25) is 0 Å². The van der Waals surface area contributed by atoms with Crippen LogP contribution in [0.25, 0.3) is 0 Å². The van der Waals surface area contributed by atoms with Gasteiger partial charge in [0.2, 0.25) is 0 Å². The Morgan fingerprint density at radius 1 is 1.56 bits per heavy atom. The average molecular weight is 152 g/mol. The molecule has 0 heterocycles. The largest absolute Gasteiger partial charge is 0.318 e. The molecule has 0 aromatic heterocycles. The van der Waals surface area contributed by atoms with Crippen LogP contribution in [-0.4, -0.2) is 13.7 Å². The first kappa shape index (κ1) is 9.15. The van der Waals surface area contributed by atoms with Crippen LogP contribution in [0.5, 0.6) is 0 Å². The lowest BCUT2D eigenvalue weighted by molar-refractivity contribution is 0.252. The van der Waals surface area contributed by atoms with Gasteiger partial charge >= 0.3 is 8.25 Å². The molecular weight excluding hydrogens is 139 g/mol. The van der Waals surface area contributed by atoms with Crippen molar-refractivity contribution in [3.63, 3.8) is 0 Å². The van der Waals surface area contributed by atoms with Crippen molar-refractivity contribution in [1.29, 1.82) is 0 Å². The third-order valence-corrected chi connectivity index (χ3v) is 1.66. The maximum Gasteiger partial charge on any atom is 0.318 e. The highest BCUT2D eigenvalue weighted by molar-refractivity contribution is 7.33. The molecule has 0 radical (unpaired) electrons. The fourth-order valence-corrected chi connectivity index (χ4v) is 0.788. The minimum Gasteiger partial charge on any atom is -0.314 e. The summed E-state index contributed by atoms with van der Waals surface area (Å²) in [6.07, 6.45) is 2.00.